The number of hydrogen-bond acceptors (Lipinski definition) is 9. The van der Waals surface area contributed by atoms with E-state index in [-0.39, 0.29) is 47.6 Å². The minimum absolute atomic E-state index is 0.0643. The van der Waals surface area contributed by atoms with Crippen molar-refractivity contribution in [1.29, 1.82) is 0 Å². The fraction of sp³-hybridized carbons (Fsp3) is 0.536. The number of hydrogen-bond donors (Lipinski definition) is 2. The molecule has 4 rings (SSSR count). The zero-order valence-corrected chi connectivity index (χ0v) is 25.4. The van der Waals surface area contributed by atoms with Crippen molar-refractivity contribution >= 4 is 44.2 Å². The molecule has 1 fully saturated rings. The van der Waals surface area contributed by atoms with E-state index < -0.39 is 27.4 Å². The Labute approximate surface area is 239 Å². The van der Waals surface area contributed by atoms with E-state index in [0.29, 0.717) is 29.8 Å². The van der Waals surface area contributed by atoms with E-state index in [1.54, 1.807) is 6.92 Å². The second-order valence-corrected chi connectivity index (χ2v) is 14.3. The second kappa shape index (κ2) is 11.2. The number of thiophene rings is 1. The van der Waals surface area contributed by atoms with Crippen LogP contribution in [0.5, 0.6) is 0 Å². The van der Waals surface area contributed by atoms with Crippen molar-refractivity contribution in [3.8, 4) is 0 Å². The third-order valence-electron chi connectivity index (χ3n) is 7.29. The quantitative estimate of drug-likeness (QED) is 0.464. The average molecular weight is 592 g/mol. The molecule has 12 heteroatoms. The van der Waals surface area contributed by atoms with E-state index >= 15 is 0 Å². The summed E-state index contributed by atoms with van der Waals surface area (Å²) >= 11 is 1.35. The molecule has 1 aromatic carbocycles. The molecular weight excluding hydrogens is 554 g/mol. The Balaban J connectivity index is 1.55. The lowest BCUT2D eigenvalue weighted by Crippen LogP contribution is -2.55. The summed E-state index contributed by atoms with van der Waals surface area (Å²) in [5, 5.41) is 6.89. The average Bonchev–Trinajstić information content (AvgIpc) is 3.25. The van der Waals surface area contributed by atoms with E-state index in [9.17, 15) is 22.8 Å². The number of carbonyl (C=O) groups is 3. The summed E-state index contributed by atoms with van der Waals surface area (Å²) in [5.41, 5.74) is 0.795. The third kappa shape index (κ3) is 5.95. The maximum Gasteiger partial charge on any atom is 0.341 e. The number of piperidine rings is 1. The van der Waals surface area contributed by atoms with Gasteiger partial charge < -0.3 is 20.1 Å². The number of rotatable bonds is 7. The van der Waals surface area contributed by atoms with Crippen LogP contribution in [0.15, 0.2) is 29.2 Å². The molecule has 1 aromatic heterocycles. The second-order valence-electron chi connectivity index (χ2n) is 11.3. The number of nitrogens with zero attached hydrogens (tertiary/aromatic N) is 1. The smallest absolute Gasteiger partial charge is 0.341 e. The van der Waals surface area contributed by atoms with Gasteiger partial charge in [-0.3, -0.25) is 9.59 Å². The number of nitrogens with one attached hydrogen (secondary N) is 2. The van der Waals surface area contributed by atoms with E-state index in [1.165, 1.54) is 47.0 Å². The van der Waals surface area contributed by atoms with Crippen LogP contribution >= 0.6 is 11.3 Å². The van der Waals surface area contributed by atoms with Crippen molar-refractivity contribution in [2.24, 2.45) is 5.92 Å². The summed E-state index contributed by atoms with van der Waals surface area (Å²) in [6, 6.07) is 5.71. The van der Waals surface area contributed by atoms with Crippen LogP contribution in [-0.4, -0.2) is 62.9 Å². The number of anilines is 1. The fourth-order valence-electron chi connectivity index (χ4n) is 5.64. The highest BCUT2D eigenvalue weighted by Crippen LogP contribution is 2.45. The van der Waals surface area contributed by atoms with Gasteiger partial charge in [0.2, 0.25) is 10.0 Å². The monoisotopic (exact) mass is 591 g/mol. The summed E-state index contributed by atoms with van der Waals surface area (Å²) in [7, 11) is -2.46. The predicted molar refractivity (Wildman–Crippen MR) is 152 cm³/mol. The summed E-state index contributed by atoms with van der Waals surface area (Å²) < 4.78 is 37.8. The van der Waals surface area contributed by atoms with Crippen LogP contribution in [0.25, 0.3) is 0 Å². The summed E-state index contributed by atoms with van der Waals surface area (Å²) in [4.78, 5) is 39.1. The molecule has 0 unspecified atom stereocenters. The Morgan fingerprint density at radius 3 is 2.30 bits per heavy atom. The number of sulfonamides is 1. The molecule has 2 N–H and O–H groups in total. The molecule has 0 radical (unpaired) electrons. The van der Waals surface area contributed by atoms with Crippen LogP contribution in [-0.2, 0) is 36.3 Å². The maximum atomic E-state index is 13.3. The van der Waals surface area contributed by atoms with Gasteiger partial charge in [-0.2, -0.15) is 4.31 Å². The zero-order valence-electron chi connectivity index (χ0n) is 23.8. The summed E-state index contributed by atoms with van der Waals surface area (Å²) in [6.45, 7) is 10.6. The van der Waals surface area contributed by atoms with Crippen molar-refractivity contribution in [1.82, 2.24) is 9.62 Å². The lowest BCUT2D eigenvalue weighted by Gasteiger charge is -2.42. The van der Waals surface area contributed by atoms with Gasteiger partial charge in [0.1, 0.15) is 5.00 Å². The van der Waals surface area contributed by atoms with Crippen LogP contribution in [0.4, 0.5) is 5.00 Å². The van der Waals surface area contributed by atoms with Crippen LogP contribution in [0, 0.1) is 5.92 Å². The number of amides is 1. The largest absolute Gasteiger partial charge is 0.469 e. The molecule has 0 aliphatic carbocycles. The third-order valence-corrected chi connectivity index (χ3v) is 10.7. The first-order chi connectivity index (χ1) is 18.7. The van der Waals surface area contributed by atoms with Gasteiger partial charge in [0.05, 0.1) is 30.1 Å². The number of methoxy groups -OCH3 is 1. The maximum absolute atomic E-state index is 13.3. The molecule has 1 saturated heterocycles. The van der Waals surface area contributed by atoms with Crippen molar-refractivity contribution in [2.75, 3.05) is 32.1 Å². The molecule has 0 saturated carbocycles. The van der Waals surface area contributed by atoms with Gasteiger partial charge in [0.25, 0.3) is 5.91 Å². The Kier molecular flexibility index (Phi) is 8.47. The van der Waals surface area contributed by atoms with Crippen molar-refractivity contribution in [2.45, 2.75) is 69.9 Å². The zero-order chi connectivity index (χ0) is 29.5. The highest BCUT2D eigenvalue weighted by atomic mass is 32.2. The first kappa shape index (κ1) is 30.2. The fourth-order valence-corrected chi connectivity index (χ4v) is 8.37. The number of esters is 2. The van der Waals surface area contributed by atoms with Gasteiger partial charge in [-0.15, -0.1) is 11.3 Å². The van der Waals surface area contributed by atoms with E-state index in [2.05, 4.69) is 24.5 Å². The molecule has 3 heterocycles. The SMILES string of the molecule is CCOC(=O)c1c(NC(=O)c2ccc(S(=O)(=O)N3CCC(C(=O)OC)CC3)cc2)sc2c1CC(C)(C)NC2(C)C. The first-order valence-electron chi connectivity index (χ1n) is 13.3. The van der Waals surface area contributed by atoms with Gasteiger partial charge in [0.15, 0.2) is 0 Å². The highest BCUT2D eigenvalue weighted by Gasteiger charge is 2.42. The van der Waals surface area contributed by atoms with Crippen LogP contribution in [0.1, 0.15) is 78.6 Å². The summed E-state index contributed by atoms with van der Waals surface area (Å²) in [6.07, 6.45) is 1.38. The Morgan fingerprint density at radius 1 is 1.10 bits per heavy atom. The molecular formula is C28H37N3O7S2. The molecule has 218 valence electrons. The van der Waals surface area contributed by atoms with Crippen molar-refractivity contribution in [3.63, 3.8) is 0 Å². The number of benzene rings is 1. The van der Waals surface area contributed by atoms with Gasteiger partial charge >= 0.3 is 11.9 Å². The Morgan fingerprint density at radius 2 is 1.73 bits per heavy atom. The van der Waals surface area contributed by atoms with Gasteiger partial charge in [-0.25, -0.2) is 13.2 Å². The predicted octanol–water partition coefficient (Wildman–Crippen LogP) is 3.91. The molecule has 2 aliphatic heterocycles. The highest BCUT2D eigenvalue weighted by molar-refractivity contribution is 7.89. The van der Waals surface area contributed by atoms with Crippen molar-refractivity contribution < 1.29 is 32.3 Å². The van der Waals surface area contributed by atoms with E-state index in [0.717, 1.165) is 10.4 Å². The van der Waals surface area contributed by atoms with Gasteiger partial charge in [0, 0.05) is 34.6 Å². The lowest BCUT2D eigenvalue weighted by molar-refractivity contribution is -0.146. The minimum Gasteiger partial charge on any atom is -0.469 e. The number of fused-ring (bicyclic) bond motifs is 1. The van der Waals surface area contributed by atoms with E-state index in [4.69, 9.17) is 9.47 Å². The van der Waals surface area contributed by atoms with Crippen molar-refractivity contribution in [3.05, 3.63) is 45.8 Å². The minimum atomic E-state index is -3.79. The molecule has 0 bridgehead atoms. The molecule has 40 heavy (non-hydrogen) atoms. The molecule has 10 nitrogen and oxygen atoms in total. The van der Waals surface area contributed by atoms with Gasteiger partial charge in [-0.05, 0) is 83.7 Å². The van der Waals surface area contributed by atoms with Gasteiger partial charge in [-0.1, -0.05) is 0 Å². The normalized spacial score (nSPS) is 18.9. The number of carbonyl (C=O) groups excluding carboxylic acids is 3. The molecule has 1 amide bonds. The molecule has 0 spiro atoms. The standard InChI is InChI=1S/C28H37N3O7S2/c1-7-38-26(34)21-20-16-27(2,3)30-28(4,5)22(20)39-24(21)29-23(32)17-8-10-19(11-9-17)40(35,36)31-14-12-18(13-15-31)25(33)37-6/h8-11,18,30H,7,12-16H2,1-6H3,(H,29,32). The first-order valence-corrected chi connectivity index (χ1v) is 15.6. The topological polar surface area (TPSA) is 131 Å². The van der Waals surface area contributed by atoms with E-state index in [1.807, 2.05) is 13.8 Å². The Bertz CT molecular complexity index is 1400. The van der Waals surface area contributed by atoms with Crippen LogP contribution in [0.3, 0.4) is 0 Å². The molecule has 2 aromatic rings. The van der Waals surface area contributed by atoms with Crippen LogP contribution in [0.2, 0.25) is 0 Å². The molecule has 0 atom stereocenters. The Hall–Kier alpha value is -2.80. The van der Waals surface area contributed by atoms with Crippen LogP contribution < -0.4 is 10.6 Å². The summed E-state index contributed by atoms with van der Waals surface area (Å²) in [5.74, 6) is -1.58. The number of ether oxygens (including phenoxy) is 2. The lowest BCUT2D eigenvalue weighted by atomic mass is 9.81. The molecule has 2 aliphatic rings.